The topological polar surface area (TPSA) is 85.2 Å². The number of carbonyl (C=O) groups excluding carboxylic acids is 1. The van der Waals surface area contributed by atoms with Gasteiger partial charge in [-0.15, -0.1) is 10.2 Å². The predicted molar refractivity (Wildman–Crippen MR) is 85.6 cm³/mol. The zero-order valence-electron chi connectivity index (χ0n) is 13.7. The van der Waals surface area contributed by atoms with E-state index in [9.17, 15) is 13.2 Å². The first kappa shape index (κ1) is 16.4. The van der Waals surface area contributed by atoms with Gasteiger partial charge in [0.1, 0.15) is 11.6 Å². The summed E-state index contributed by atoms with van der Waals surface area (Å²) in [6.45, 7) is 5.61. The van der Waals surface area contributed by atoms with E-state index in [-0.39, 0.29) is 22.8 Å². The van der Waals surface area contributed by atoms with E-state index in [0.717, 1.165) is 24.5 Å². The average Bonchev–Trinajstić information content (AvgIpc) is 3.15. The molecule has 0 spiro atoms. The van der Waals surface area contributed by atoms with E-state index in [1.54, 1.807) is 4.90 Å². The lowest BCUT2D eigenvalue weighted by molar-refractivity contribution is -0.129. The Labute approximate surface area is 137 Å². The fraction of sp³-hybridized carbons (Fsp3) is 0.800. The predicted octanol–water partition coefficient (Wildman–Crippen LogP) is 1.10. The second-order valence-electron chi connectivity index (χ2n) is 6.81. The molecule has 1 aliphatic heterocycles. The van der Waals surface area contributed by atoms with Crippen LogP contribution in [0.5, 0.6) is 0 Å². The molecule has 1 aromatic heterocycles. The molecule has 2 heterocycles. The molecule has 1 fully saturated rings. The first-order valence-corrected chi connectivity index (χ1v) is 10.0. The molecule has 1 aromatic rings. The third-order valence-electron chi connectivity index (χ3n) is 4.79. The average molecular weight is 340 g/mol. The van der Waals surface area contributed by atoms with Crippen LogP contribution in [0.4, 0.5) is 0 Å². The summed E-state index contributed by atoms with van der Waals surface area (Å²) in [6, 6.07) is 0. The maximum atomic E-state index is 12.4. The van der Waals surface area contributed by atoms with Crippen molar-refractivity contribution in [3.63, 3.8) is 0 Å². The zero-order chi connectivity index (χ0) is 16.6. The molecule has 0 atom stereocenters. The summed E-state index contributed by atoms with van der Waals surface area (Å²) >= 11 is 0. The molecule has 1 amide bonds. The molecule has 3 rings (SSSR count). The van der Waals surface area contributed by atoms with Crippen LogP contribution in [-0.2, 0) is 27.7 Å². The smallest absolute Gasteiger partial charge is 0.238 e. The van der Waals surface area contributed by atoms with Crippen molar-refractivity contribution >= 4 is 15.7 Å². The van der Waals surface area contributed by atoms with Crippen LogP contribution < -0.4 is 0 Å². The van der Waals surface area contributed by atoms with Crippen molar-refractivity contribution in [2.24, 2.45) is 0 Å². The van der Waals surface area contributed by atoms with Crippen molar-refractivity contribution in [1.29, 1.82) is 0 Å². The quantitative estimate of drug-likeness (QED) is 0.819. The molecule has 23 heavy (non-hydrogen) atoms. The minimum absolute atomic E-state index is 0.279. The zero-order valence-corrected chi connectivity index (χ0v) is 14.5. The summed E-state index contributed by atoms with van der Waals surface area (Å²) in [4.78, 5) is 14.0. The van der Waals surface area contributed by atoms with Crippen molar-refractivity contribution in [2.45, 2.75) is 63.8 Å². The molecule has 2 aliphatic rings. The lowest BCUT2D eigenvalue weighted by atomic mass is 10.2. The van der Waals surface area contributed by atoms with Crippen molar-refractivity contribution in [3.05, 3.63) is 11.6 Å². The van der Waals surface area contributed by atoms with E-state index in [0.29, 0.717) is 32.5 Å². The number of rotatable bonds is 4. The van der Waals surface area contributed by atoms with Crippen molar-refractivity contribution in [2.75, 3.05) is 12.3 Å². The van der Waals surface area contributed by atoms with Gasteiger partial charge in [-0.05, 0) is 12.8 Å². The number of fused-ring (bicyclic) bond motifs is 1. The van der Waals surface area contributed by atoms with Crippen LogP contribution in [0, 0.1) is 0 Å². The molecule has 8 heteroatoms. The number of aromatic nitrogens is 3. The van der Waals surface area contributed by atoms with Crippen LogP contribution in [0.25, 0.3) is 0 Å². The van der Waals surface area contributed by atoms with E-state index in [2.05, 4.69) is 24.0 Å². The summed E-state index contributed by atoms with van der Waals surface area (Å²) in [6.07, 6.45) is 3.29. The number of nitrogens with zero attached hydrogens (tertiary/aromatic N) is 4. The Morgan fingerprint density at radius 2 is 1.91 bits per heavy atom. The molecular weight excluding hydrogens is 316 g/mol. The number of carbonyl (C=O) groups is 1. The van der Waals surface area contributed by atoms with Gasteiger partial charge in [-0.1, -0.05) is 26.7 Å². The lowest BCUT2D eigenvalue weighted by Gasteiger charge is -2.28. The van der Waals surface area contributed by atoms with Gasteiger partial charge in [0.25, 0.3) is 0 Å². The van der Waals surface area contributed by atoms with Gasteiger partial charge in [0.05, 0.1) is 11.8 Å². The molecular formula is C15H24N4O3S. The van der Waals surface area contributed by atoms with Gasteiger partial charge < -0.3 is 9.47 Å². The minimum Gasteiger partial charge on any atom is -0.332 e. The molecule has 0 aromatic carbocycles. The van der Waals surface area contributed by atoms with Gasteiger partial charge in [-0.3, -0.25) is 4.79 Å². The van der Waals surface area contributed by atoms with Gasteiger partial charge >= 0.3 is 0 Å². The fourth-order valence-corrected chi connectivity index (χ4v) is 5.26. The minimum atomic E-state index is -3.33. The summed E-state index contributed by atoms with van der Waals surface area (Å²) in [5.74, 6) is 1.26. The highest BCUT2D eigenvalue weighted by molar-refractivity contribution is 7.92. The second kappa shape index (κ2) is 6.22. The number of amides is 1. The van der Waals surface area contributed by atoms with E-state index < -0.39 is 9.84 Å². The largest absolute Gasteiger partial charge is 0.332 e. The molecule has 0 bridgehead atoms. The van der Waals surface area contributed by atoms with E-state index in [1.807, 2.05) is 4.57 Å². The van der Waals surface area contributed by atoms with E-state index in [1.165, 1.54) is 0 Å². The summed E-state index contributed by atoms with van der Waals surface area (Å²) in [5, 5.41) is 8.01. The first-order valence-electron chi connectivity index (χ1n) is 8.30. The van der Waals surface area contributed by atoms with Crippen LogP contribution in [0.2, 0.25) is 0 Å². The number of hydrogen-bond acceptors (Lipinski definition) is 5. The second-order valence-corrected chi connectivity index (χ2v) is 9.09. The molecule has 1 aliphatic carbocycles. The normalized spacial score (nSPS) is 19.3. The molecule has 1 saturated carbocycles. The van der Waals surface area contributed by atoms with E-state index in [4.69, 9.17) is 0 Å². The van der Waals surface area contributed by atoms with Crippen LogP contribution in [0.1, 0.15) is 57.1 Å². The van der Waals surface area contributed by atoms with Crippen molar-refractivity contribution < 1.29 is 13.2 Å². The third kappa shape index (κ3) is 3.27. The highest BCUT2D eigenvalue weighted by Gasteiger charge is 2.33. The summed E-state index contributed by atoms with van der Waals surface area (Å²) in [5.41, 5.74) is 0. The van der Waals surface area contributed by atoms with Gasteiger partial charge in [0.2, 0.25) is 5.91 Å². The monoisotopic (exact) mass is 340 g/mol. The van der Waals surface area contributed by atoms with Crippen molar-refractivity contribution in [3.8, 4) is 0 Å². The fourth-order valence-electron chi connectivity index (χ4n) is 3.45. The Morgan fingerprint density at radius 1 is 1.22 bits per heavy atom. The van der Waals surface area contributed by atoms with Gasteiger partial charge in [0.15, 0.2) is 15.7 Å². The standard InChI is InChI=1S/C15H24N4O3S/c1-11(2)15-17-16-13-9-18(7-8-19(13)15)14(20)10-23(21,22)12-5-3-4-6-12/h11-12H,3-10H2,1-2H3. The van der Waals surface area contributed by atoms with Gasteiger partial charge in [-0.2, -0.15) is 0 Å². The Hall–Kier alpha value is -1.44. The molecule has 128 valence electrons. The summed E-state index contributed by atoms with van der Waals surface area (Å²) < 4.78 is 26.7. The highest BCUT2D eigenvalue weighted by Crippen LogP contribution is 2.26. The molecule has 0 radical (unpaired) electrons. The van der Waals surface area contributed by atoms with Crippen LogP contribution >= 0.6 is 0 Å². The van der Waals surface area contributed by atoms with Gasteiger partial charge in [0, 0.05) is 19.0 Å². The number of sulfone groups is 1. The van der Waals surface area contributed by atoms with E-state index >= 15 is 0 Å². The van der Waals surface area contributed by atoms with Crippen LogP contribution in [0.15, 0.2) is 0 Å². The molecule has 7 nitrogen and oxygen atoms in total. The number of hydrogen-bond donors (Lipinski definition) is 0. The molecule has 0 saturated heterocycles. The lowest BCUT2D eigenvalue weighted by Crippen LogP contribution is -2.42. The molecule has 0 unspecified atom stereocenters. The Balaban J connectivity index is 1.67. The Morgan fingerprint density at radius 3 is 2.57 bits per heavy atom. The maximum absolute atomic E-state index is 12.4. The van der Waals surface area contributed by atoms with Gasteiger partial charge in [-0.25, -0.2) is 8.42 Å². The SMILES string of the molecule is CC(C)c1nnc2n1CCN(C(=O)CS(=O)(=O)C1CCCC1)C2. The van der Waals surface area contributed by atoms with Crippen LogP contribution in [-0.4, -0.2) is 51.5 Å². The van der Waals surface area contributed by atoms with Crippen molar-refractivity contribution in [1.82, 2.24) is 19.7 Å². The highest BCUT2D eigenvalue weighted by atomic mass is 32.2. The Kier molecular flexibility index (Phi) is 4.44. The molecule has 0 N–H and O–H groups in total. The Bertz CT molecular complexity index is 690. The first-order chi connectivity index (χ1) is 10.9. The maximum Gasteiger partial charge on any atom is 0.238 e. The summed E-state index contributed by atoms with van der Waals surface area (Å²) in [7, 11) is -3.33. The van der Waals surface area contributed by atoms with Crippen LogP contribution in [0.3, 0.4) is 0 Å². The third-order valence-corrected chi connectivity index (χ3v) is 6.92.